The van der Waals surface area contributed by atoms with Gasteiger partial charge in [-0.2, -0.15) is 0 Å². The molecule has 0 spiro atoms. The molecular weight excluding hydrogens is 305 g/mol. The number of carbonyl (C=O) groups is 1. The van der Waals surface area contributed by atoms with Gasteiger partial charge >= 0.3 is 0 Å². The summed E-state index contributed by atoms with van der Waals surface area (Å²) in [4.78, 5) is 17.0. The van der Waals surface area contributed by atoms with E-state index >= 15 is 0 Å². The minimum atomic E-state index is -1.07. The van der Waals surface area contributed by atoms with E-state index in [0.29, 0.717) is 5.69 Å². The van der Waals surface area contributed by atoms with Crippen molar-refractivity contribution < 1.29 is 14.3 Å². The second kappa shape index (κ2) is 6.25. The Hall–Kier alpha value is -2.25. The van der Waals surface area contributed by atoms with Gasteiger partial charge < -0.3 is 10.4 Å². The first kappa shape index (κ1) is 14.7. The number of fused-ring (bicyclic) bond motifs is 1. The van der Waals surface area contributed by atoms with Gasteiger partial charge in [-0.25, -0.2) is 9.37 Å². The van der Waals surface area contributed by atoms with E-state index in [2.05, 4.69) is 10.3 Å². The number of benzene rings is 1. The van der Waals surface area contributed by atoms with E-state index in [0.717, 1.165) is 4.96 Å². The molecule has 0 fully saturated rings. The summed E-state index contributed by atoms with van der Waals surface area (Å²) >= 11 is 1.49. The summed E-state index contributed by atoms with van der Waals surface area (Å²) in [5.74, 6) is -0.750. The molecular formula is C15H14FN3O2S. The van der Waals surface area contributed by atoms with Crippen molar-refractivity contribution in [3.63, 3.8) is 0 Å². The third-order valence-corrected chi connectivity index (χ3v) is 4.01. The van der Waals surface area contributed by atoms with E-state index in [1.54, 1.807) is 18.3 Å². The zero-order valence-electron chi connectivity index (χ0n) is 11.6. The normalized spacial score (nSPS) is 12.5. The summed E-state index contributed by atoms with van der Waals surface area (Å²) in [5, 5.41) is 14.4. The van der Waals surface area contributed by atoms with Crippen LogP contribution in [0.3, 0.4) is 0 Å². The van der Waals surface area contributed by atoms with Crippen LogP contribution in [0, 0.1) is 5.82 Å². The smallest absolute Gasteiger partial charge is 0.226 e. The lowest BCUT2D eigenvalue weighted by atomic mass is 10.1. The number of imidazole rings is 1. The molecule has 2 aromatic heterocycles. The molecule has 0 aliphatic rings. The maximum Gasteiger partial charge on any atom is 0.226 e. The summed E-state index contributed by atoms with van der Waals surface area (Å²) in [5.41, 5.74) is 0.829. The van der Waals surface area contributed by atoms with Gasteiger partial charge in [-0.15, -0.1) is 11.3 Å². The van der Waals surface area contributed by atoms with Gasteiger partial charge in [-0.1, -0.05) is 18.2 Å². The van der Waals surface area contributed by atoms with Gasteiger partial charge in [0.15, 0.2) is 4.96 Å². The summed E-state index contributed by atoms with van der Waals surface area (Å²) < 4.78 is 15.4. The number of aliphatic hydroxyl groups is 1. The molecule has 0 aliphatic heterocycles. The van der Waals surface area contributed by atoms with Crippen molar-refractivity contribution in [1.29, 1.82) is 0 Å². The highest BCUT2D eigenvalue weighted by Gasteiger charge is 2.14. The fraction of sp³-hybridized carbons (Fsp3) is 0.200. The summed E-state index contributed by atoms with van der Waals surface area (Å²) in [6.07, 6.45) is 2.71. The Morgan fingerprint density at radius 3 is 3.05 bits per heavy atom. The summed E-state index contributed by atoms with van der Waals surface area (Å²) in [7, 11) is 0. The quantitative estimate of drug-likeness (QED) is 0.755. The fourth-order valence-corrected chi connectivity index (χ4v) is 2.87. The van der Waals surface area contributed by atoms with Gasteiger partial charge in [0, 0.05) is 29.9 Å². The van der Waals surface area contributed by atoms with Gasteiger partial charge in [0.05, 0.1) is 18.2 Å². The van der Waals surface area contributed by atoms with Crippen LogP contribution in [-0.4, -0.2) is 26.9 Å². The second-order valence-corrected chi connectivity index (χ2v) is 5.72. The van der Waals surface area contributed by atoms with Gasteiger partial charge in [-0.3, -0.25) is 9.20 Å². The van der Waals surface area contributed by atoms with Crippen molar-refractivity contribution in [2.45, 2.75) is 12.5 Å². The van der Waals surface area contributed by atoms with Crippen LogP contribution >= 0.6 is 11.3 Å². The monoisotopic (exact) mass is 319 g/mol. The predicted octanol–water partition coefficient (Wildman–Crippen LogP) is 1.93. The largest absolute Gasteiger partial charge is 0.386 e. The standard InChI is InChI=1S/C15H14FN3O2S/c16-12-4-2-1-3-11(12)13(20)8-17-14(21)7-10-9-19-5-6-22-15(19)18-10/h1-6,9,13,20H,7-8H2,(H,17,21). The molecule has 2 N–H and O–H groups in total. The number of carbonyl (C=O) groups excluding carboxylic acids is 1. The van der Waals surface area contributed by atoms with Crippen molar-refractivity contribution in [2.75, 3.05) is 6.54 Å². The Kier molecular flexibility index (Phi) is 4.17. The van der Waals surface area contributed by atoms with Crippen LogP contribution in [0.1, 0.15) is 17.4 Å². The van der Waals surface area contributed by atoms with Gasteiger partial charge in [0.25, 0.3) is 0 Å². The SMILES string of the molecule is O=C(Cc1cn2ccsc2n1)NCC(O)c1ccccc1F. The average Bonchev–Trinajstić information content (AvgIpc) is 3.06. The average molecular weight is 319 g/mol. The molecule has 0 saturated carbocycles. The first-order valence-electron chi connectivity index (χ1n) is 6.74. The number of thiazole rings is 1. The second-order valence-electron chi connectivity index (χ2n) is 4.84. The van der Waals surface area contributed by atoms with Gasteiger partial charge in [0.2, 0.25) is 5.91 Å². The number of aliphatic hydroxyl groups excluding tert-OH is 1. The first-order valence-corrected chi connectivity index (χ1v) is 7.61. The molecule has 0 bridgehead atoms. The van der Waals surface area contributed by atoms with Crippen LogP contribution in [0.5, 0.6) is 0 Å². The molecule has 7 heteroatoms. The number of rotatable bonds is 5. The Balaban J connectivity index is 1.56. The van der Waals surface area contributed by atoms with Crippen LogP contribution in [-0.2, 0) is 11.2 Å². The molecule has 0 aliphatic carbocycles. The zero-order valence-corrected chi connectivity index (χ0v) is 12.4. The molecule has 3 aromatic rings. The lowest BCUT2D eigenvalue weighted by Crippen LogP contribution is -2.30. The topological polar surface area (TPSA) is 66.6 Å². The summed E-state index contributed by atoms with van der Waals surface area (Å²) in [6.45, 7) is -0.0397. The van der Waals surface area contributed by atoms with Crippen LogP contribution in [0.4, 0.5) is 4.39 Å². The highest BCUT2D eigenvalue weighted by atomic mass is 32.1. The van der Waals surface area contributed by atoms with Gasteiger partial charge in [-0.05, 0) is 6.07 Å². The van der Waals surface area contributed by atoms with Crippen molar-refractivity contribution >= 4 is 22.2 Å². The molecule has 1 amide bonds. The molecule has 2 heterocycles. The third-order valence-electron chi connectivity index (χ3n) is 3.24. The third kappa shape index (κ3) is 3.15. The molecule has 0 radical (unpaired) electrons. The van der Waals surface area contributed by atoms with Gasteiger partial charge in [0.1, 0.15) is 5.82 Å². The highest BCUT2D eigenvalue weighted by molar-refractivity contribution is 7.15. The van der Waals surface area contributed by atoms with E-state index in [9.17, 15) is 14.3 Å². The Labute approximate surface area is 130 Å². The van der Waals surface area contributed by atoms with Crippen molar-refractivity contribution in [3.05, 3.63) is 59.1 Å². The molecule has 3 rings (SSSR count). The van der Waals surface area contributed by atoms with Crippen molar-refractivity contribution in [1.82, 2.24) is 14.7 Å². The fourth-order valence-electron chi connectivity index (χ4n) is 2.15. The van der Waals surface area contributed by atoms with E-state index in [-0.39, 0.29) is 24.4 Å². The molecule has 1 atom stereocenters. The van der Waals surface area contributed by atoms with Crippen LogP contribution in [0.2, 0.25) is 0 Å². The van der Waals surface area contributed by atoms with E-state index in [1.165, 1.54) is 23.5 Å². The Bertz CT molecular complexity index is 770. The first-order chi connectivity index (χ1) is 10.6. The lowest BCUT2D eigenvalue weighted by Gasteiger charge is -2.12. The van der Waals surface area contributed by atoms with Crippen molar-refractivity contribution in [3.8, 4) is 0 Å². The minimum absolute atomic E-state index is 0.0397. The van der Waals surface area contributed by atoms with E-state index < -0.39 is 11.9 Å². The highest BCUT2D eigenvalue weighted by Crippen LogP contribution is 2.16. The molecule has 22 heavy (non-hydrogen) atoms. The molecule has 5 nitrogen and oxygen atoms in total. The Morgan fingerprint density at radius 1 is 1.45 bits per heavy atom. The zero-order chi connectivity index (χ0) is 15.5. The number of nitrogens with zero attached hydrogens (tertiary/aromatic N) is 2. The van der Waals surface area contributed by atoms with E-state index in [1.807, 2.05) is 16.0 Å². The summed E-state index contributed by atoms with van der Waals surface area (Å²) in [6, 6.07) is 5.96. The lowest BCUT2D eigenvalue weighted by molar-refractivity contribution is -0.120. The van der Waals surface area contributed by atoms with Crippen LogP contribution < -0.4 is 5.32 Å². The van der Waals surface area contributed by atoms with Crippen molar-refractivity contribution in [2.24, 2.45) is 0 Å². The minimum Gasteiger partial charge on any atom is -0.386 e. The Morgan fingerprint density at radius 2 is 2.27 bits per heavy atom. The number of hydrogen-bond acceptors (Lipinski definition) is 4. The maximum atomic E-state index is 13.5. The predicted molar refractivity (Wildman–Crippen MR) is 81.1 cm³/mol. The molecule has 1 unspecified atom stereocenters. The van der Waals surface area contributed by atoms with E-state index in [4.69, 9.17) is 0 Å². The molecule has 114 valence electrons. The number of nitrogens with one attached hydrogen (secondary N) is 1. The molecule has 0 saturated heterocycles. The number of aromatic nitrogens is 2. The van der Waals surface area contributed by atoms with Crippen LogP contribution in [0.15, 0.2) is 42.0 Å². The maximum absolute atomic E-state index is 13.5. The van der Waals surface area contributed by atoms with Crippen LogP contribution in [0.25, 0.3) is 4.96 Å². The number of halogens is 1. The molecule has 1 aromatic carbocycles. The number of amides is 1. The number of hydrogen-bond donors (Lipinski definition) is 2.